The van der Waals surface area contributed by atoms with E-state index in [1.807, 2.05) is 0 Å². The van der Waals surface area contributed by atoms with Gasteiger partial charge in [0.15, 0.2) is 5.75 Å². The molecule has 0 saturated carbocycles. The molecule has 2 rings (SSSR count). The van der Waals surface area contributed by atoms with Gasteiger partial charge in [-0.15, -0.1) is 0 Å². The van der Waals surface area contributed by atoms with E-state index in [1.165, 1.54) is 12.1 Å². The van der Waals surface area contributed by atoms with E-state index in [0.717, 1.165) is 12.1 Å². The van der Waals surface area contributed by atoms with Crippen molar-refractivity contribution in [1.29, 1.82) is 0 Å². The molecule has 8 heteroatoms. The summed E-state index contributed by atoms with van der Waals surface area (Å²) >= 11 is 5.87. The molecule has 4 nitrogen and oxygen atoms in total. The van der Waals surface area contributed by atoms with Gasteiger partial charge in [-0.05, 0) is 36.6 Å². The minimum atomic E-state index is -4.44. The monoisotopic (exact) mass is 318 g/mol. The molecule has 0 aliphatic carbocycles. The molecule has 21 heavy (non-hydrogen) atoms. The van der Waals surface area contributed by atoms with Crippen LogP contribution in [0, 0.1) is 0 Å². The van der Waals surface area contributed by atoms with E-state index in [-0.39, 0.29) is 17.9 Å². The summed E-state index contributed by atoms with van der Waals surface area (Å²) in [6.45, 7) is 0. The van der Waals surface area contributed by atoms with Gasteiger partial charge in [0, 0.05) is 11.1 Å². The van der Waals surface area contributed by atoms with Crippen molar-refractivity contribution >= 4 is 11.6 Å². The maximum Gasteiger partial charge on any atom is 0.416 e. The van der Waals surface area contributed by atoms with Gasteiger partial charge in [-0.25, -0.2) is 5.10 Å². The first-order valence-electron chi connectivity index (χ1n) is 5.90. The summed E-state index contributed by atoms with van der Waals surface area (Å²) in [6.07, 6.45) is -4.01. The van der Waals surface area contributed by atoms with Crippen molar-refractivity contribution in [2.45, 2.75) is 19.0 Å². The van der Waals surface area contributed by atoms with Crippen molar-refractivity contribution in [1.82, 2.24) is 10.2 Å². The lowest BCUT2D eigenvalue weighted by molar-refractivity contribution is -0.137. The molecule has 0 unspecified atom stereocenters. The van der Waals surface area contributed by atoms with Gasteiger partial charge in [-0.2, -0.15) is 18.3 Å². The lowest BCUT2D eigenvalue weighted by Crippen LogP contribution is -2.10. The first-order chi connectivity index (χ1) is 9.77. The molecule has 0 fully saturated rings. The largest absolute Gasteiger partial charge is 0.503 e. The quantitative estimate of drug-likeness (QED) is 0.914. The minimum Gasteiger partial charge on any atom is -0.503 e. The van der Waals surface area contributed by atoms with E-state index >= 15 is 0 Å². The summed E-state index contributed by atoms with van der Waals surface area (Å²) in [6, 6.07) is 4.25. The van der Waals surface area contributed by atoms with Gasteiger partial charge in [0.05, 0.1) is 11.3 Å². The number of halogens is 4. The summed E-state index contributed by atoms with van der Waals surface area (Å²) in [5.74, 6) is -0.491. The molecule has 1 heterocycles. The van der Waals surface area contributed by atoms with Crippen LogP contribution in [0.1, 0.15) is 16.8 Å². The summed E-state index contributed by atoms with van der Waals surface area (Å²) in [5.41, 5.74) is -0.838. The van der Waals surface area contributed by atoms with Crippen LogP contribution in [0.15, 0.2) is 29.1 Å². The Balaban J connectivity index is 2.19. The molecule has 1 aromatic heterocycles. The SMILES string of the molecule is O=c1[nH]nc(CCc2cc(C(F)(F)F)ccc2Cl)cc1O. The van der Waals surface area contributed by atoms with Gasteiger partial charge in [-0.3, -0.25) is 4.79 Å². The Labute approximate surface area is 122 Å². The minimum absolute atomic E-state index is 0.196. The Kier molecular flexibility index (Phi) is 4.22. The number of rotatable bonds is 3. The second-order valence-corrected chi connectivity index (χ2v) is 4.78. The lowest BCUT2D eigenvalue weighted by atomic mass is 10.0. The van der Waals surface area contributed by atoms with Gasteiger partial charge in [0.2, 0.25) is 0 Å². The van der Waals surface area contributed by atoms with Gasteiger partial charge < -0.3 is 5.11 Å². The van der Waals surface area contributed by atoms with Crippen LogP contribution in [-0.2, 0) is 19.0 Å². The number of benzene rings is 1. The highest BCUT2D eigenvalue weighted by molar-refractivity contribution is 6.31. The summed E-state index contributed by atoms with van der Waals surface area (Å²) in [4.78, 5) is 10.9. The number of hydrogen-bond donors (Lipinski definition) is 2. The van der Waals surface area contributed by atoms with E-state index in [4.69, 9.17) is 11.6 Å². The third kappa shape index (κ3) is 3.75. The number of nitrogens with one attached hydrogen (secondary N) is 1. The second-order valence-electron chi connectivity index (χ2n) is 4.38. The molecule has 0 aliphatic heterocycles. The van der Waals surface area contributed by atoms with Crippen LogP contribution in [0.5, 0.6) is 5.75 Å². The predicted molar refractivity (Wildman–Crippen MR) is 70.4 cm³/mol. The summed E-state index contributed by atoms with van der Waals surface area (Å²) < 4.78 is 37.9. The van der Waals surface area contributed by atoms with Crippen LogP contribution in [-0.4, -0.2) is 15.3 Å². The number of aromatic hydroxyl groups is 1. The molecule has 0 bridgehead atoms. The average molecular weight is 319 g/mol. The first kappa shape index (κ1) is 15.4. The van der Waals surface area contributed by atoms with E-state index in [0.29, 0.717) is 11.3 Å². The van der Waals surface area contributed by atoms with Crippen LogP contribution in [0.25, 0.3) is 0 Å². The molecule has 0 atom stereocenters. The fourth-order valence-electron chi connectivity index (χ4n) is 1.77. The van der Waals surface area contributed by atoms with E-state index in [9.17, 15) is 23.1 Å². The number of aryl methyl sites for hydroxylation is 2. The molecule has 0 saturated heterocycles. The highest BCUT2D eigenvalue weighted by Crippen LogP contribution is 2.32. The molecule has 112 valence electrons. The van der Waals surface area contributed by atoms with Crippen LogP contribution in [0.4, 0.5) is 13.2 Å². The standard InChI is InChI=1S/C13H10ClF3N2O2/c14-10-4-2-8(13(15,16)17)5-7(10)1-3-9-6-11(20)12(21)19-18-9/h2,4-6H,1,3H2,(H,18,20)(H,19,21). The number of nitrogens with zero attached hydrogens (tertiary/aromatic N) is 1. The molecule has 2 N–H and O–H groups in total. The van der Waals surface area contributed by atoms with Crippen molar-refractivity contribution in [3.63, 3.8) is 0 Å². The van der Waals surface area contributed by atoms with Crippen molar-refractivity contribution in [3.8, 4) is 5.75 Å². The highest BCUT2D eigenvalue weighted by atomic mass is 35.5. The predicted octanol–water partition coefficient (Wildman–Crippen LogP) is 2.93. The molecule has 0 radical (unpaired) electrons. The van der Waals surface area contributed by atoms with Gasteiger partial charge in [0.1, 0.15) is 0 Å². The maximum atomic E-state index is 12.6. The molecule has 1 aromatic carbocycles. The fourth-order valence-corrected chi connectivity index (χ4v) is 1.98. The van der Waals surface area contributed by atoms with E-state index in [1.54, 1.807) is 0 Å². The van der Waals surface area contributed by atoms with E-state index < -0.39 is 23.0 Å². The number of hydrogen-bond acceptors (Lipinski definition) is 3. The molecular formula is C13H10ClF3N2O2. The Hall–Kier alpha value is -2.02. The molecular weight excluding hydrogens is 309 g/mol. The maximum absolute atomic E-state index is 12.6. The Bertz CT molecular complexity index is 713. The van der Waals surface area contributed by atoms with Gasteiger partial charge >= 0.3 is 11.7 Å². The van der Waals surface area contributed by atoms with Crippen LogP contribution in [0.3, 0.4) is 0 Å². The number of H-pyrrole nitrogens is 1. The lowest BCUT2D eigenvalue weighted by Gasteiger charge is -2.10. The third-order valence-corrected chi connectivity index (χ3v) is 3.23. The van der Waals surface area contributed by atoms with Crippen molar-refractivity contribution in [3.05, 3.63) is 56.5 Å². The Morgan fingerprint density at radius 3 is 2.57 bits per heavy atom. The zero-order valence-electron chi connectivity index (χ0n) is 10.5. The molecule has 0 aliphatic rings. The van der Waals surface area contributed by atoms with Crippen molar-refractivity contribution in [2.75, 3.05) is 0 Å². The van der Waals surface area contributed by atoms with Crippen molar-refractivity contribution < 1.29 is 18.3 Å². The van der Waals surface area contributed by atoms with Gasteiger partial charge in [0.25, 0.3) is 0 Å². The zero-order chi connectivity index (χ0) is 15.6. The number of aromatic nitrogens is 2. The van der Waals surface area contributed by atoms with Crippen LogP contribution in [0.2, 0.25) is 5.02 Å². The highest BCUT2D eigenvalue weighted by Gasteiger charge is 2.30. The normalized spacial score (nSPS) is 11.6. The number of alkyl halides is 3. The van der Waals surface area contributed by atoms with Crippen LogP contribution >= 0.6 is 11.6 Å². The first-order valence-corrected chi connectivity index (χ1v) is 6.28. The fraction of sp³-hybridized carbons (Fsp3) is 0.231. The van der Waals surface area contributed by atoms with Gasteiger partial charge in [-0.1, -0.05) is 11.6 Å². The van der Waals surface area contributed by atoms with Crippen LogP contribution < -0.4 is 5.56 Å². The smallest absolute Gasteiger partial charge is 0.416 e. The number of aromatic amines is 1. The molecule has 0 amide bonds. The summed E-state index contributed by atoms with van der Waals surface area (Å²) in [7, 11) is 0. The Morgan fingerprint density at radius 2 is 1.95 bits per heavy atom. The Morgan fingerprint density at radius 1 is 1.24 bits per heavy atom. The topological polar surface area (TPSA) is 66.0 Å². The average Bonchev–Trinajstić information content (AvgIpc) is 2.40. The molecule has 0 spiro atoms. The summed E-state index contributed by atoms with van der Waals surface area (Å²) in [5, 5.41) is 15.2. The zero-order valence-corrected chi connectivity index (χ0v) is 11.3. The van der Waals surface area contributed by atoms with Crippen molar-refractivity contribution in [2.24, 2.45) is 0 Å². The van der Waals surface area contributed by atoms with E-state index in [2.05, 4.69) is 10.2 Å². The second kappa shape index (κ2) is 5.77. The third-order valence-electron chi connectivity index (χ3n) is 2.86. The molecule has 2 aromatic rings.